The van der Waals surface area contributed by atoms with E-state index >= 15 is 0 Å². The maximum absolute atomic E-state index is 6.02. The van der Waals surface area contributed by atoms with Gasteiger partial charge < -0.3 is 9.47 Å². The van der Waals surface area contributed by atoms with Crippen molar-refractivity contribution >= 4 is 12.4 Å². The Hall–Kier alpha value is -1.85. The van der Waals surface area contributed by atoms with Crippen LogP contribution >= 0.6 is 12.4 Å². The van der Waals surface area contributed by atoms with Gasteiger partial charge in [-0.05, 0) is 44.0 Å². The smallest absolute Gasteiger partial charge is 0.239 e. The molecule has 1 aromatic carbocycles. The van der Waals surface area contributed by atoms with Crippen molar-refractivity contribution in [2.75, 3.05) is 19.6 Å². The Morgan fingerprint density at radius 3 is 2.22 bits per heavy atom. The summed E-state index contributed by atoms with van der Waals surface area (Å²) < 4.78 is 11.7. The van der Waals surface area contributed by atoms with E-state index in [1.54, 1.807) is 6.07 Å². The average Bonchev–Trinajstić information content (AvgIpc) is 2.59. The SMILES string of the molecule is Cl.c1ccc(Oc2ccc(OC3CN4CCC3CC4)nn2)cc1. The number of para-hydroxylation sites is 1. The van der Waals surface area contributed by atoms with E-state index in [1.165, 1.54) is 25.9 Å². The molecule has 0 radical (unpaired) electrons. The Morgan fingerprint density at radius 2 is 1.61 bits per heavy atom. The van der Waals surface area contributed by atoms with Gasteiger partial charge in [0.15, 0.2) is 0 Å². The van der Waals surface area contributed by atoms with E-state index in [9.17, 15) is 0 Å². The molecule has 0 aliphatic carbocycles. The molecule has 3 fully saturated rings. The van der Waals surface area contributed by atoms with Gasteiger partial charge in [-0.25, -0.2) is 0 Å². The molecular weight excluding hydrogens is 314 g/mol. The lowest BCUT2D eigenvalue weighted by Crippen LogP contribution is -2.52. The van der Waals surface area contributed by atoms with Gasteiger partial charge in [-0.3, -0.25) is 4.90 Å². The predicted molar refractivity (Wildman–Crippen MR) is 89.4 cm³/mol. The van der Waals surface area contributed by atoms with Crippen LogP contribution in [-0.4, -0.2) is 40.8 Å². The van der Waals surface area contributed by atoms with Crippen molar-refractivity contribution in [2.24, 2.45) is 5.92 Å². The number of halogens is 1. The minimum atomic E-state index is 0. The van der Waals surface area contributed by atoms with E-state index in [1.807, 2.05) is 36.4 Å². The highest BCUT2D eigenvalue weighted by Gasteiger charge is 2.35. The Bertz CT molecular complexity index is 615. The summed E-state index contributed by atoms with van der Waals surface area (Å²) in [5.41, 5.74) is 0. The van der Waals surface area contributed by atoms with Gasteiger partial charge >= 0.3 is 0 Å². The summed E-state index contributed by atoms with van der Waals surface area (Å²) in [5.74, 6) is 2.47. The van der Waals surface area contributed by atoms with Crippen molar-refractivity contribution in [3.05, 3.63) is 42.5 Å². The minimum Gasteiger partial charge on any atom is -0.472 e. The fourth-order valence-corrected chi connectivity index (χ4v) is 3.23. The van der Waals surface area contributed by atoms with E-state index in [4.69, 9.17) is 9.47 Å². The molecule has 6 heteroatoms. The number of hydrogen-bond donors (Lipinski definition) is 0. The number of rotatable bonds is 4. The molecule has 5 rings (SSSR count). The largest absolute Gasteiger partial charge is 0.472 e. The standard InChI is InChI=1S/C17H19N3O2.ClH/c1-2-4-14(5-3-1)21-16-6-7-17(19-18-16)22-15-12-20-10-8-13(15)9-11-20;/h1-7,13,15H,8-12H2;1H. The van der Waals surface area contributed by atoms with E-state index in [0.29, 0.717) is 17.7 Å². The molecular formula is C17H20ClN3O2. The van der Waals surface area contributed by atoms with Crippen molar-refractivity contribution in [3.63, 3.8) is 0 Å². The third-order valence-electron chi connectivity index (χ3n) is 4.45. The number of aromatic nitrogens is 2. The van der Waals surface area contributed by atoms with Crippen LogP contribution in [0.1, 0.15) is 12.8 Å². The van der Waals surface area contributed by atoms with Crippen LogP contribution in [0.15, 0.2) is 42.5 Å². The van der Waals surface area contributed by atoms with Crippen molar-refractivity contribution in [3.8, 4) is 17.5 Å². The lowest BCUT2D eigenvalue weighted by Gasteiger charge is -2.44. The molecule has 1 aromatic heterocycles. The van der Waals surface area contributed by atoms with Gasteiger partial charge in [0.05, 0.1) is 0 Å². The van der Waals surface area contributed by atoms with Crippen LogP contribution in [0, 0.1) is 5.92 Å². The molecule has 3 aliphatic heterocycles. The fourth-order valence-electron chi connectivity index (χ4n) is 3.23. The summed E-state index contributed by atoms with van der Waals surface area (Å²) in [6.07, 6.45) is 2.71. The van der Waals surface area contributed by atoms with Crippen LogP contribution in [0.4, 0.5) is 0 Å². The van der Waals surface area contributed by atoms with Gasteiger partial charge in [-0.2, -0.15) is 0 Å². The lowest BCUT2D eigenvalue weighted by atomic mass is 9.86. The van der Waals surface area contributed by atoms with Crippen LogP contribution in [0.5, 0.6) is 17.5 Å². The number of piperidine rings is 3. The molecule has 0 saturated carbocycles. The first-order valence-corrected chi connectivity index (χ1v) is 7.82. The zero-order valence-corrected chi connectivity index (χ0v) is 13.6. The molecule has 23 heavy (non-hydrogen) atoms. The second-order valence-corrected chi connectivity index (χ2v) is 5.92. The third kappa shape index (κ3) is 3.74. The number of hydrogen-bond acceptors (Lipinski definition) is 5. The first kappa shape index (κ1) is 16.0. The molecule has 0 spiro atoms. The fraction of sp³-hybridized carbons (Fsp3) is 0.412. The molecule has 5 nitrogen and oxygen atoms in total. The van der Waals surface area contributed by atoms with Crippen LogP contribution in [0.25, 0.3) is 0 Å². The van der Waals surface area contributed by atoms with E-state index in [2.05, 4.69) is 15.1 Å². The molecule has 1 atom stereocenters. The molecule has 4 heterocycles. The maximum Gasteiger partial charge on any atom is 0.239 e. The van der Waals surface area contributed by atoms with Crippen LogP contribution in [0.2, 0.25) is 0 Å². The van der Waals surface area contributed by atoms with Gasteiger partial charge in [-0.15, -0.1) is 22.6 Å². The molecule has 0 amide bonds. The summed E-state index contributed by atoms with van der Waals surface area (Å²) in [6, 6.07) is 13.2. The summed E-state index contributed by atoms with van der Waals surface area (Å²) in [5, 5.41) is 8.23. The van der Waals surface area contributed by atoms with Crippen molar-refractivity contribution < 1.29 is 9.47 Å². The summed E-state index contributed by atoms with van der Waals surface area (Å²) >= 11 is 0. The quantitative estimate of drug-likeness (QED) is 0.860. The number of fused-ring (bicyclic) bond motifs is 3. The Labute approximate surface area is 142 Å². The maximum atomic E-state index is 6.02. The molecule has 2 aromatic rings. The topological polar surface area (TPSA) is 47.5 Å². The lowest BCUT2D eigenvalue weighted by molar-refractivity contribution is -0.0104. The molecule has 3 saturated heterocycles. The molecule has 1 unspecified atom stereocenters. The van der Waals surface area contributed by atoms with Gasteiger partial charge in [0.25, 0.3) is 0 Å². The van der Waals surface area contributed by atoms with Crippen LogP contribution in [-0.2, 0) is 0 Å². The first-order valence-electron chi connectivity index (χ1n) is 7.82. The highest BCUT2D eigenvalue weighted by Crippen LogP contribution is 2.30. The van der Waals surface area contributed by atoms with Crippen molar-refractivity contribution in [1.82, 2.24) is 15.1 Å². The highest BCUT2D eigenvalue weighted by molar-refractivity contribution is 5.85. The molecule has 3 aliphatic rings. The summed E-state index contributed by atoms with van der Waals surface area (Å²) in [4.78, 5) is 2.46. The monoisotopic (exact) mass is 333 g/mol. The summed E-state index contributed by atoms with van der Waals surface area (Å²) in [6.45, 7) is 3.43. The Kier molecular flexibility index (Phi) is 4.98. The minimum absolute atomic E-state index is 0. The zero-order chi connectivity index (χ0) is 14.8. The van der Waals surface area contributed by atoms with E-state index in [0.717, 1.165) is 12.3 Å². The number of benzene rings is 1. The highest BCUT2D eigenvalue weighted by atomic mass is 35.5. The summed E-state index contributed by atoms with van der Waals surface area (Å²) in [7, 11) is 0. The van der Waals surface area contributed by atoms with Gasteiger partial charge in [0, 0.05) is 18.7 Å². The molecule has 122 valence electrons. The van der Waals surface area contributed by atoms with E-state index < -0.39 is 0 Å². The van der Waals surface area contributed by atoms with E-state index in [-0.39, 0.29) is 18.5 Å². The first-order chi connectivity index (χ1) is 10.9. The number of ether oxygens (including phenoxy) is 2. The molecule has 2 bridgehead atoms. The second kappa shape index (κ2) is 7.15. The number of nitrogens with zero attached hydrogens (tertiary/aromatic N) is 3. The predicted octanol–water partition coefficient (Wildman–Crippen LogP) is 3.16. The van der Waals surface area contributed by atoms with Crippen LogP contribution < -0.4 is 9.47 Å². The Morgan fingerprint density at radius 1 is 0.913 bits per heavy atom. The van der Waals surface area contributed by atoms with Gasteiger partial charge in [0.1, 0.15) is 11.9 Å². The second-order valence-electron chi connectivity index (χ2n) is 5.92. The van der Waals surface area contributed by atoms with Crippen molar-refractivity contribution in [2.45, 2.75) is 18.9 Å². The Balaban J connectivity index is 0.00000156. The van der Waals surface area contributed by atoms with Crippen LogP contribution in [0.3, 0.4) is 0 Å². The normalized spacial score (nSPS) is 25.5. The van der Waals surface area contributed by atoms with Gasteiger partial charge in [0.2, 0.25) is 11.8 Å². The average molecular weight is 334 g/mol. The van der Waals surface area contributed by atoms with Gasteiger partial charge in [-0.1, -0.05) is 18.2 Å². The third-order valence-corrected chi connectivity index (χ3v) is 4.45. The van der Waals surface area contributed by atoms with Crippen molar-refractivity contribution in [1.29, 1.82) is 0 Å². The zero-order valence-electron chi connectivity index (χ0n) is 12.8. The molecule has 0 N–H and O–H groups in total.